The molecule has 0 fully saturated rings. The molecule has 0 saturated carbocycles. The van der Waals surface area contributed by atoms with Crippen molar-refractivity contribution in [3.63, 3.8) is 0 Å². The molecule has 0 unspecified atom stereocenters. The van der Waals surface area contributed by atoms with Crippen LogP contribution in [0.2, 0.25) is 0 Å². The molecule has 0 N–H and O–H groups in total. The fourth-order valence-corrected chi connectivity index (χ4v) is 2.23. The number of carbonyl (C=O) groups excluding carboxylic acids is 1. The maximum atomic E-state index is 12.0. The first-order valence-electron chi connectivity index (χ1n) is 6.07. The molecule has 0 aliphatic heterocycles. The van der Waals surface area contributed by atoms with Crippen LogP contribution in [0.15, 0.2) is 36.4 Å². The van der Waals surface area contributed by atoms with Gasteiger partial charge in [0.05, 0.1) is 0 Å². The van der Waals surface area contributed by atoms with E-state index in [1.165, 1.54) is 0 Å². The van der Waals surface area contributed by atoms with Gasteiger partial charge in [-0.3, -0.25) is 4.79 Å². The highest BCUT2D eigenvalue weighted by Crippen LogP contribution is 2.16. The topological polar surface area (TPSA) is 45.8 Å². The highest BCUT2D eigenvalue weighted by atomic mass is 127. The van der Waals surface area contributed by atoms with Crippen LogP contribution in [0.1, 0.15) is 27.3 Å². The van der Waals surface area contributed by atoms with Gasteiger partial charge < -0.3 is 4.57 Å². The molecule has 0 bridgehead atoms. The second-order valence-corrected chi connectivity index (χ2v) is 5.69. The summed E-state index contributed by atoms with van der Waals surface area (Å²) in [4.78, 5) is 12.0. The number of nitriles is 1. The molecule has 0 aliphatic carbocycles. The number of carbonyl (C=O) groups is 1. The molecular weight excluding hydrogens is 363 g/mol. The zero-order chi connectivity index (χ0) is 14.7. The normalized spacial score (nSPS) is 10.7. The van der Waals surface area contributed by atoms with Crippen molar-refractivity contribution in [2.45, 2.75) is 6.92 Å². The fourth-order valence-electron chi connectivity index (χ4n) is 1.87. The van der Waals surface area contributed by atoms with Crippen molar-refractivity contribution in [2.24, 2.45) is 7.05 Å². The Labute approximate surface area is 131 Å². The molecule has 1 aromatic carbocycles. The Morgan fingerprint density at radius 3 is 2.55 bits per heavy atom. The summed E-state index contributed by atoms with van der Waals surface area (Å²) in [6.45, 7) is 1.93. The van der Waals surface area contributed by atoms with Crippen molar-refractivity contribution in [1.82, 2.24) is 4.57 Å². The van der Waals surface area contributed by atoms with E-state index in [0.717, 1.165) is 14.8 Å². The van der Waals surface area contributed by atoms with E-state index in [0.29, 0.717) is 11.3 Å². The van der Waals surface area contributed by atoms with Crippen molar-refractivity contribution in [2.75, 3.05) is 0 Å². The molecule has 0 saturated heterocycles. The van der Waals surface area contributed by atoms with Crippen LogP contribution >= 0.6 is 22.6 Å². The van der Waals surface area contributed by atoms with E-state index in [4.69, 9.17) is 5.26 Å². The maximum Gasteiger partial charge on any atom is 0.185 e. The lowest BCUT2D eigenvalue weighted by molar-refractivity contribution is 0.104. The zero-order valence-electron chi connectivity index (χ0n) is 11.2. The summed E-state index contributed by atoms with van der Waals surface area (Å²) in [6.07, 6.45) is 3.31. The van der Waals surface area contributed by atoms with Crippen molar-refractivity contribution in [3.05, 3.63) is 62.5 Å². The van der Waals surface area contributed by atoms with Gasteiger partial charge in [-0.2, -0.15) is 5.26 Å². The summed E-state index contributed by atoms with van der Waals surface area (Å²) in [5.41, 5.74) is 3.11. The van der Waals surface area contributed by atoms with Crippen LogP contribution in [0.3, 0.4) is 0 Å². The molecule has 0 aliphatic rings. The monoisotopic (exact) mass is 376 g/mol. The third-order valence-electron chi connectivity index (χ3n) is 3.23. The highest BCUT2D eigenvalue weighted by Gasteiger charge is 2.07. The summed E-state index contributed by atoms with van der Waals surface area (Å²) in [7, 11) is 1.84. The van der Waals surface area contributed by atoms with Gasteiger partial charge in [-0.05, 0) is 65.4 Å². The average Bonchev–Trinajstić information content (AvgIpc) is 2.73. The van der Waals surface area contributed by atoms with E-state index in [2.05, 4.69) is 28.7 Å². The SMILES string of the molecule is Cc1c(/C=C/C(=O)c2ccc(I)cc2)cc(C#N)n1C. The van der Waals surface area contributed by atoms with E-state index in [1.807, 2.05) is 42.8 Å². The first kappa shape index (κ1) is 14.5. The Morgan fingerprint density at radius 2 is 2.00 bits per heavy atom. The van der Waals surface area contributed by atoms with E-state index in [9.17, 15) is 4.79 Å². The van der Waals surface area contributed by atoms with E-state index >= 15 is 0 Å². The molecule has 1 heterocycles. The van der Waals surface area contributed by atoms with Gasteiger partial charge in [-0.25, -0.2) is 0 Å². The third-order valence-corrected chi connectivity index (χ3v) is 3.95. The molecule has 0 spiro atoms. The molecule has 0 atom stereocenters. The predicted octanol–water partition coefficient (Wildman–Crippen LogP) is 3.71. The lowest BCUT2D eigenvalue weighted by Gasteiger charge is -1.98. The summed E-state index contributed by atoms with van der Waals surface area (Å²) in [5.74, 6) is -0.0387. The molecule has 0 radical (unpaired) electrons. The Kier molecular flexibility index (Phi) is 4.40. The second kappa shape index (κ2) is 6.06. The van der Waals surface area contributed by atoms with Gasteiger partial charge in [-0.1, -0.05) is 12.1 Å². The van der Waals surface area contributed by atoms with Gasteiger partial charge in [-0.15, -0.1) is 0 Å². The van der Waals surface area contributed by atoms with Crippen LogP contribution in [0.4, 0.5) is 0 Å². The largest absolute Gasteiger partial charge is 0.339 e. The Hall–Kier alpha value is -1.87. The maximum absolute atomic E-state index is 12.0. The van der Waals surface area contributed by atoms with E-state index < -0.39 is 0 Å². The minimum Gasteiger partial charge on any atom is -0.339 e. The molecule has 3 nitrogen and oxygen atoms in total. The van der Waals surface area contributed by atoms with Gasteiger partial charge >= 0.3 is 0 Å². The number of hydrogen-bond donors (Lipinski definition) is 0. The number of ketones is 1. The molecule has 0 amide bonds. The predicted molar refractivity (Wildman–Crippen MR) is 87.4 cm³/mol. The van der Waals surface area contributed by atoms with Crippen LogP contribution in [-0.2, 0) is 7.05 Å². The van der Waals surface area contributed by atoms with Gasteiger partial charge in [0.1, 0.15) is 11.8 Å². The van der Waals surface area contributed by atoms with Crippen LogP contribution in [0.5, 0.6) is 0 Å². The molecule has 2 rings (SSSR count). The smallest absolute Gasteiger partial charge is 0.185 e. The van der Waals surface area contributed by atoms with E-state index in [1.54, 1.807) is 18.2 Å². The lowest BCUT2D eigenvalue weighted by atomic mass is 10.1. The van der Waals surface area contributed by atoms with Gasteiger partial charge in [0.25, 0.3) is 0 Å². The molecule has 4 heteroatoms. The van der Waals surface area contributed by atoms with Gasteiger partial charge in [0.2, 0.25) is 0 Å². The summed E-state index contributed by atoms with van der Waals surface area (Å²) < 4.78 is 2.91. The van der Waals surface area contributed by atoms with Crippen LogP contribution < -0.4 is 0 Å². The van der Waals surface area contributed by atoms with Gasteiger partial charge in [0.15, 0.2) is 5.78 Å². The number of halogens is 1. The summed E-state index contributed by atoms with van der Waals surface area (Å²) in [6, 6.07) is 11.3. The number of rotatable bonds is 3. The van der Waals surface area contributed by atoms with Crippen molar-refractivity contribution < 1.29 is 4.79 Å². The standard InChI is InChI=1S/C16H13IN2O/c1-11-13(9-15(10-18)19(11)2)5-8-16(20)12-3-6-14(17)7-4-12/h3-9H,1-2H3/b8-5+. The Morgan fingerprint density at radius 1 is 1.35 bits per heavy atom. The lowest BCUT2D eigenvalue weighted by Crippen LogP contribution is -1.95. The third kappa shape index (κ3) is 2.99. The van der Waals surface area contributed by atoms with Crippen molar-refractivity contribution in [3.8, 4) is 6.07 Å². The van der Waals surface area contributed by atoms with Gasteiger partial charge in [0, 0.05) is 21.9 Å². The molecule has 100 valence electrons. The Bertz CT molecular complexity index is 718. The minimum atomic E-state index is -0.0387. The number of nitrogens with zero attached hydrogens (tertiary/aromatic N) is 2. The number of benzene rings is 1. The van der Waals surface area contributed by atoms with Crippen LogP contribution in [0.25, 0.3) is 6.08 Å². The first-order valence-corrected chi connectivity index (χ1v) is 7.15. The number of hydrogen-bond acceptors (Lipinski definition) is 2. The molecular formula is C16H13IN2O. The second-order valence-electron chi connectivity index (χ2n) is 4.45. The first-order chi connectivity index (χ1) is 9.52. The van der Waals surface area contributed by atoms with Crippen LogP contribution in [-0.4, -0.2) is 10.4 Å². The minimum absolute atomic E-state index is 0.0387. The summed E-state index contributed by atoms with van der Waals surface area (Å²) in [5, 5.41) is 8.98. The highest BCUT2D eigenvalue weighted by molar-refractivity contribution is 14.1. The van der Waals surface area contributed by atoms with E-state index in [-0.39, 0.29) is 5.78 Å². The zero-order valence-corrected chi connectivity index (χ0v) is 13.4. The molecule has 2 aromatic rings. The quantitative estimate of drug-likeness (QED) is 0.466. The Balaban J connectivity index is 2.24. The summed E-state index contributed by atoms with van der Waals surface area (Å²) >= 11 is 2.20. The fraction of sp³-hybridized carbons (Fsp3) is 0.125. The molecule has 20 heavy (non-hydrogen) atoms. The average molecular weight is 376 g/mol. The number of aromatic nitrogens is 1. The van der Waals surface area contributed by atoms with Crippen molar-refractivity contribution >= 4 is 34.5 Å². The van der Waals surface area contributed by atoms with Crippen LogP contribution in [0, 0.1) is 21.8 Å². The molecule has 1 aromatic heterocycles. The number of allylic oxidation sites excluding steroid dienone is 1. The van der Waals surface area contributed by atoms with Crippen molar-refractivity contribution in [1.29, 1.82) is 5.26 Å².